The van der Waals surface area contributed by atoms with Crippen LogP contribution in [0.5, 0.6) is 5.75 Å². The smallest absolute Gasteiger partial charge is 0.277 e. The van der Waals surface area contributed by atoms with Gasteiger partial charge in [0.15, 0.2) is 0 Å². The molecular weight excluding hydrogens is 368 g/mol. The Morgan fingerprint density at radius 1 is 1.17 bits per heavy atom. The summed E-state index contributed by atoms with van der Waals surface area (Å²) < 4.78 is 6.78. The highest BCUT2D eigenvalue weighted by Gasteiger charge is 2.29. The lowest BCUT2D eigenvalue weighted by atomic mass is 10.0. The van der Waals surface area contributed by atoms with E-state index in [-0.39, 0.29) is 30.5 Å². The summed E-state index contributed by atoms with van der Waals surface area (Å²) in [6, 6.07) is 15.1. The summed E-state index contributed by atoms with van der Waals surface area (Å²) in [6.07, 6.45) is 2.13. The first kappa shape index (κ1) is 19.1. The summed E-state index contributed by atoms with van der Waals surface area (Å²) in [5, 5.41) is 8.58. The predicted octanol–water partition coefficient (Wildman–Crippen LogP) is 2.94. The van der Waals surface area contributed by atoms with Crippen LogP contribution in [0, 0.1) is 0 Å². The number of hydrogen-bond donors (Lipinski definition) is 0. The molecule has 0 N–H and O–H groups in total. The van der Waals surface area contributed by atoms with Crippen LogP contribution in [0.4, 0.5) is 0 Å². The molecule has 1 amide bonds. The second kappa shape index (κ2) is 8.43. The summed E-state index contributed by atoms with van der Waals surface area (Å²) in [7, 11) is 0. The summed E-state index contributed by atoms with van der Waals surface area (Å²) in [4.78, 5) is 27.4. The first-order chi connectivity index (χ1) is 14.2. The second-order valence-electron chi connectivity index (χ2n) is 7.13. The number of ether oxygens (including phenoxy) is 1. The van der Waals surface area contributed by atoms with Gasteiger partial charge in [-0.25, -0.2) is 4.68 Å². The van der Waals surface area contributed by atoms with Crippen molar-refractivity contribution in [1.82, 2.24) is 19.9 Å². The third-order valence-corrected chi connectivity index (χ3v) is 5.32. The van der Waals surface area contributed by atoms with Crippen molar-refractivity contribution in [3.8, 4) is 5.75 Å². The first-order valence-corrected chi connectivity index (χ1v) is 10.0. The van der Waals surface area contributed by atoms with Crippen LogP contribution in [0.15, 0.2) is 53.3 Å². The zero-order chi connectivity index (χ0) is 20.2. The highest BCUT2D eigenvalue weighted by molar-refractivity contribution is 5.77. The largest absolute Gasteiger partial charge is 0.494 e. The second-order valence-corrected chi connectivity index (χ2v) is 7.13. The number of fused-ring (bicyclic) bond motifs is 1. The number of carbonyl (C=O) groups is 1. The van der Waals surface area contributed by atoms with Crippen molar-refractivity contribution in [2.45, 2.75) is 38.8 Å². The summed E-state index contributed by atoms with van der Waals surface area (Å²) >= 11 is 0. The molecule has 0 spiro atoms. The SMILES string of the molecule is CCOc1ccc(C2CCCN2C(=O)CCn2nnc3ccccc3c2=O)cc1. The topological polar surface area (TPSA) is 77.3 Å². The molecule has 29 heavy (non-hydrogen) atoms. The van der Waals surface area contributed by atoms with Crippen LogP contribution in [-0.2, 0) is 11.3 Å². The molecule has 1 aliphatic rings. The van der Waals surface area contributed by atoms with Gasteiger partial charge in [0, 0.05) is 13.0 Å². The minimum absolute atomic E-state index is 0.0308. The van der Waals surface area contributed by atoms with E-state index in [0.717, 1.165) is 30.7 Å². The van der Waals surface area contributed by atoms with Gasteiger partial charge in [0.25, 0.3) is 5.56 Å². The Hall–Kier alpha value is -3.22. The van der Waals surface area contributed by atoms with Gasteiger partial charge < -0.3 is 9.64 Å². The van der Waals surface area contributed by atoms with E-state index < -0.39 is 0 Å². The zero-order valence-corrected chi connectivity index (χ0v) is 16.5. The molecule has 1 aliphatic heterocycles. The lowest BCUT2D eigenvalue weighted by Gasteiger charge is -2.25. The maximum Gasteiger partial charge on any atom is 0.277 e. The van der Waals surface area contributed by atoms with Gasteiger partial charge in [-0.3, -0.25) is 9.59 Å². The van der Waals surface area contributed by atoms with Crippen LogP contribution in [0.1, 0.15) is 37.8 Å². The van der Waals surface area contributed by atoms with Gasteiger partial charge in [0.1, 0.15) is 11.3 Å². The van der Waals surface area contributed by atoms with Gasteiger partial charge in [-0.05, 0) is 49.6 Å². The van der Waals surface area contributed by atoms with Crippen LogP contribution >= 0.6 is 0 Å². The molecule has 0 saturated carbocycles. The Labute approximate surface area is 168 Å². The number of hydrogen-bond acceptors (Lipinski definition) is 5. The van der Waals surface area contributed by atoms with E-state index in [1.807, 2.05) is 42.2 Å². The quantitative estimate of drug-likeness (QED) is 0.645. The molecule has 1 unspecified atom stereocenters. The standard InChI is InChI=1S/C22H24N4O3/c1-2-29-17-11-9-16(10-12-17)20-8-5-14-25(20)21(27)13-15-26-22(28)18-6-3-4-7-19(18)23-24-26/h3-4,6-7,9-12,20H,2,5,8,13-15H2,1H3. The van der Waals surface area contributed by atoms with Gasteiger partial charge in [-0.15, -0.1) is 5.10 Å². The number of benzene rings is 2. The number of amides is 1. The van der Waals surface area contributed by atoms with Gasteiger partial charge in [-0.1, -0.05) is 29.5 Å². The molecule has 3 aromatic rings. The van der Waals surface area contributed by atoms with Crippen molar-refractivity contribution >= 4 is 16.8 Å². The maximum absolute atomic E-state index is 12.9. The normalized spacial score (nSPS) is 16.3. The lowest BCUT2D eigenvalue weighted by molar-refractivity contribution is -0.132. The lowest BCUT2D eigenvalue weighted by Crippen LogP contribution is -2.33. The van der Waals surface area contributed by atoms with E-state index in [2.05, 4.69) is 10.3 Å². The molecule has 0 bridgehead atoms. The Morgan fingerprint density at radius 3 is 2.76 bits per heavy atom. The van der Waals surface area contributed by atoms with Gasteiger partial charge >= 0.3 is 0 Å². The van der Waals surface area contributed by atoms with Crippen LogP contribution in [0.25, 0.3) is 10.9 Å². The number of aromatic nitrogens is 3. The van der Waals surface area contributed by atoms with Crippen molar-refractivity contribution in [3.63, 3.8) is 0 Å². The Kier molecular flexibility index (Phi) is 5.55. The van der Waals surface area contributed by atoms with Crippen molar-refractivity contribution in [3.05, 3.63) is 64.4 Å². The van der Waals surface area contributed by atoms with E-state index in [1.54, 1.807) is 18.2 Å². The fraction of sp³-hybridized carbons (Fsp3) is 0.364. The molecular formula is C22H24N4O3. The highest BCUT2D eigenvalue weighted by Crippen LogP contribution is 2.33. The molecule has 1 fully saturated rings. The Balaban J connectivity index is 1.45. The Bertz CT molecular complexity index is 1060. The van der Waals surface area contributed by atoms with Crippen molar-refractivity contribution in [2.24, 2.45) is 0 Å². The molecule has 2 aromatic carbocycles. The molecule has 1 aromatic heterocycles. The Morgan fingerprint density at radius 2 is 1.97 bits per heavy atom. The molecule has 150 valence electrons. The van der Waals surface area contributed by atoms with E-state index in [0.29, 0.717) is 17.5 Å². The van der Waals surface area contributed by atoms with Gasteiger partial charge in [0.05, 0.1) is 24.6 Å². The summed E-state index contributed by atoms with van der Waals surface area (Å²) in [5.41, 5.74) is 1.46. The summed E-state index contributed by atoms with van der Waals surface area (Å²) in [5.74, 6) is 0.865. The minimum atomic E-state index is -0.215. The minimum Gasteiger partial charge on any atom is -0.494 e. The number of rotatable bonds is 6. The number of aryl methyl sites for hydroxylation is 1. The van der Waals surface area contributed by atoms with E-state index in [9.17, 15) is 9.59 Å². The molecule has 0 aliphatic carbocycles. The average molecular weight is 392 g/mol. The number of likely N-dealkylation sites (tertiary alicyclic amines) is 1. The fourth-order valence-corrected chi connectivity index (χ4v) is 3.88. The molecule has 0 radical (unpaired) electrons. The average Bonchev–Trinajstić information content (AvgIpc) is 3.24. The molecule has 7 nitrogen and oxygen atoms in total. The van der Waals surface area contributed by atoms with Gasteiger partial charge in [0.2, 0.25) is 5.91 Å². The molecule has 1 atom stereocenters. The monoisotopic (exact) mass is 392 g/mol. The van der Waals surface area contributed by atoms with Crippen LogP contribution in [0.2, 0.25) is 0 Å². The number of carbonyl (C=O) groups excluding carboxylic acids is 1. The number of nitrogens with zero attached hydrogens (tertiary/aromatic N) is 4. The van der Waals surface area contributed by atoms with E-state index in [4.69, 9.17) is 4.74 Å². The van der Waals surface area contributed by atoms with E-state index >= 15 is 0 Å². The highest BCUT2D eigenvalue weighted by atomic mass is 16.5. The van der Waals surface area contributed by atoms with Gasteiger partial charge in [-0.2, -0.15) is 0 Å². The third kappa shape index (κ3) is 3.99. The van der Waals surface area contributed by atoms with Crippen LogP contribution in [-0.4, -0.2) is 39.0 Å². The van der Waals surface area contributed by atoms with Crippen molar-refractivity contribution < 1.29 is 9.53 Å². The summed E-state index contributed by atoms with van der Waals surface area (Å²) in [6.45, 7) is 3.54. The fourth-order valence-electron chi connectivity index (χ4n) is 3.88. The molecule has 1 saturated heterocycles. The van der Waals surface area contributed by atoms with Crippen molar-refractivity contribution in [2.75, 3.05) is 13.2 Å². The van der Waals surface area contributed by atoms with Crippen LogP contribution in [0.3, 0.4) is 0 Å². The van der Waals surface area contributed by atoms with Crippen LogP contribution < -0.4 is 10.3 Å². The molecule has 4 rings (SSSR count). The zero-order valence-electron chi connectivity index (χ0n) is 16.5. The van der Waals surface area contributed by atoms with Crippen molar-refractivity contribution in [1.29, 1.82) is 0 Å². The predicted molar refractivity (Wildman–Crippen MR) is 110 cm³/mol. The third-order valence-electron chi connectivity index (χ3n) is 5.32. The van der Waals surface area contributed by atoms with E-state index in [1.165, 1.54) is 4.68 Å². The molecule has 2 heterocycles. The first-order valence-electron chi connectivity index (χ1n) is 10.0. The molecule has 7 heteroatoms. The maximum atomic E-state index is 12.9.